The second-order valence-electron chi connectivity index (χ2n) is 6.47. The monoisotopic (exact) mass is 416 g/mol. The molecule has 2 aromatic carbocycles. The summed E-state index contributed by atoms with van der Waals surface area (Å²) in [6.07, 6.45) is 2.83. The molecule has 2 N–H and O–H groups in total. The molecular formula is C22H16N4O5. The third kappa shape index (κ3) is 3.60. The maximum Gasteiger partial charge on any atom is 0.297 e. The van der Waals surface area contributed by atoms with Crippen LogP contribution in [-0.2, 0) is 0 Å². The Balaban J connectivity index is 1.70. The Hall–Kier alpha value is -4.53. The van der Waals surface area contributed by atoms with Crippen LogP contribution in [0.15, 0.2) is 77.2 Å². The topological polar surface area (TPSA) is 126 Å². The third-order valence-electron chi connectivity index (χ3n) is 4.64. The van der Waals surface area contributed by atoms with Gasteiger partial charge >= 0.3 is 0 Å². The fraction of sp³-hybridized carbons (Fsp3) is 0.0455. The van der Waals surface area contributed by atoms with E-state index in [1.807, 2.05) is 0 Å². The molecule has 0 bridgehead atoms. The van der Waals surface area contributed by atoms with Crippen molar-refractivity contribution in [2.75, 3.05) is 7.11 Å². The smallest absolute Gasteiger partial charge is 0.297 e. The van der Waals surface area contributed by atoms with E-state index in [2.05, 4.69) is 15.2 Å². The largest absolute Gasteiger partial charge is 0.495 e. The van der Waals surface area contributed by atoms with E-state index in [9.17, 15) is 19.8 Å². The van der Waals surface area contributed by atoms with Gasteiger partial charge in [0, 0.05) is 28.7 Å². The van der Waals surface area contributed by atoms with Crippen LogP contribution in [0.4, 0.5) is 0 Å². The summed E-state index contributed by atoms with van der Waals surface area (Å²) in [5.74, 6) is -1.54. The maximum atomic E-state index is 12.4. The molecule has 0 fully saturated rings. The van der Waals surface area contributed by atoms with E-state index < -0.39 is 11.8 Å². The average Bonchev–Trinajstić information content (AvgIpc) is 3.07. The number of pyridine rings is 1. The number of aromatic nitrogens is 2. The normalized spacial score (nSPS) is 11.1. The molecule has 31 heavy (non-hydrogen) atoms. The van der Waals surface area contributed by atoms with Crippen LogP contribution in [0, 0.1) is 0 Å². The summed E-state index contributed by atoms with van der Waals surface area (Å²) < 4.78 is 6.51. The lowest BCUT2D eigenvalue weighted by atomic mass is 10.1. The van der Waals surface area contributed by atoms with E-state index in [0.29, 0.717) is 16.8 Å². The van der Waals surface area contributed by atoms with Gasteiger partial charge in [0.25, 0.3) is 11.8 Å². The molecule has 0 aliphatic rings. The second-order valence-corrected chi connectivity index (χ2v) is 6.47. The molecular weight excluding hydrogens is 400 g/mol. The van der Waals surface area contributed by atoms with Gasteiger partial charge in [-0.15, -0.1) is 10.2 Å². The fourth-order valence-electron chi connectivity index (χ4n) is 3.14. The van der Waals surface area contributed by atoms with Crippen LogP contribution in [0.3, 0.4) is 0 Å². The van der Waals surface area contributed by atoms with E-state index in [-0.39, 0.29) is 28.3 Å². The molecule has 0 unspecified atom stereocenters. The van der Waals surface area contributed by atoms with Crippen molar-refractivity contribution in [2.24, 2.45) is 10.2 Å². The summed E-state index contributed by atoms with van der Waals surface area (Å²) in [6, 6.07) is 14.2. The van der Waals surface area contributed by atoms with Crippen molar-refractivity contribution in [3.05, 3.63) is 78.1 Å². The first kappa shape index (κ1) is 19.8. The molecule has 9 heteroatoms. The summed E-state index contributed by atoms with van der Waals surface area (Å²) in [5, 5.41) is 28.8. The Kier molecular flexibility index (Phi) is 5.15. The molecule has 4 rings (SSSR count). The van der Waals surface area contributed by atoms with Gasteiger partial charge in [0.05, 0.1) is 18.4 Å². The lowest BCUT2D eigenvalue weighted by molar-refractivity contribution is 0.0946. The zero-order valence-corrected chi connectivity index (χ0v) is 16.3. The Morgan fingerprint density at radius 2 is 1.61 bits per heavy atom. The number of rotatable bonds is 4. The first-order valence-corrected chi connectivity index (χ1v) is 9.11. The van der Waals surface area contributed by atoms with Crippen LogP contribution in [-0.4, -0.2) is 38.7 Å². The average molecular weight is 416 g/mol. The van der Waals surface area contributed by atoms with E-state index in [1.54, 1.807) is 30.3 Å². The van der Waals surface area contributed by atoms with Gasteiger partial charge in [-0.3, -0.25) is 14.6 Å². The van der Waals surface area contributed by atoms with Crippen molar-refractivity contribution >= 4 is 22.6 Å². The number of ether oxygens (including phenoxy) is 1. The molecule has 9 nitrogen and oxygen atoms in total. The Bertz CT molecular complexity index is 1330. The summed E-state index contributed by atoms with van der Waals surface area (Å²) >= 11 is 0. The van der Waals surface area contributed by atoms with E-state index in [4.69, 9.17) is 4.74 Å². The zero-order valence-electron chi connectivity index (χ0n) is 16.3. The van der Waals surface area contributed by atoms with E-state index >= 15 is 0 Å². The number of hydrogen-bond acceptors (Lipinski definition) is 6. The van der Waals surface area contributed by atoms with Gasteiger partial charge in [0.1, 0.15) is 5.75 Å². The molecule has 0 saturated carbocycles. The molecule has 0 aliphatic carbocycles. The zero-order chi connectivity index (χ0) is 22.0. The fourth-order valence-corrected chi connectivity index (χ4v) is 3.14. The number of azo groups is 1. The summed E-state index contributed by atoms with van der Waals surface area (Å²) in [5.41, 5.74) is 0.708. The van der Waals surface area contributed by atoms with Gasteiger partial charge in [-0.1, -0.05) is 12.1 Å². The summed E-state index contributed by atoms with van der Waals surface area (Å²) in [4.78, 5) is 28.2. The van der Waals surface area contributed by atoms with Gasteiger partial charge < -0.3 is 14.9 Å². The standard InChI is InChI=1S/C22H16N4O5/c1-31-18-7-3-2-6-17(18)26-21(29)15-9-8-13(11-16(15)22(26)30)19(27)24-25-20(28)14-5-4-10-23-12-14/h2-12,29-30H,1H3. The van der Waals surface area contributed by atoms with Crippen molar-refractivity contribution in [1.29, 1.82) is 0 Å². The van der Waals surface area contributed by atoms with Crippen molar-refractivity contribution in [3.63, 3.8) is 0 Å². The minimum atomic E-state index is -0.775. The molecule has 2 amide bonds. The predicted molar refractivity (Wildman–Crippen MR) is 111 cm³/mol. The minimum Gasteiger partial charge on any atom is -0.495 e. The quantitative estimate of drug-likeness (QED) is 0.486. The number of aromatic hydroxyl groups is 2. The number of carbonyl (C=O) groups is 2. The van der Waals surface area contributed by atoms with Gasteiger partial charge in [-0.05, 0) is 42.5 Å². The molecule has 0 atom stereocenters. The Morgan fingerprint density at radius 1 is 0.903 bits per heavy atom. The summed E-state index contributed by atoms with van der Waals surface area (Å²) in [6.45, 7) is 0. The Labute approximate surface area is 175 Å². The lowest BCUT2D eigenvalue weighted by Crippen LogP contribution is -1.98. The maximum absolute atomic E-state index is 12.4. The number of fused-ring (bicyclic) bond motifs is 1. The van der Waals surface area contributed by atoms with Crippen molar-refractivity contribution in [2.45, 2.75) is 0 Å². The van der Waals surface area contributed by atoms with E-state index in [1.165, 1.54) is 48.3 Å². The van der Waals surface area contributed by atoms with Crippen LogP contribution in [0.25, 0.3) is 16.5 Å². The number of hydrogen-bond donors (Lipinski definition) is 2. The molecule has 2 aromatic heterocycles. The van der Waals surface area contributed by atoms with Gasteiger partial charge in [-0.25, -0.2) is 4.57 Å². The van der Waals surface area contributed by atoms with E-state index in [0.717, 1.165) is 0 Å². The molecule has 0 aliphatic heterocycles. The van der Waals surface area contributed by atoms with Gasteiger partial charge in [0.2, 0.25) is 11.8 Å². The van der Waals surface area contributed by atoms with Gasteiger partial charge in [0.15, 0.2) is 0 Å². The number of carbonyl (C=O) groups excluding carboxylic acids is 2. The van der Waals surface area contributed by atoms with Crippen LogP contribution < -0.4 is 4.74 Å². The highest BCUT2D eigenvalue weighted by Crippen LogP contribution is 2.41. The molecule has 0 saturated heterocycles. The molecule has 0 spiro atoms. The minimum absolute atomic E-state index is 0.0858. The first-order valence-electron chi connectivity index (χ1n) is 9.11. The highest BCUT2D eigenvalue weighted by molar-refractivity contribution is 6.03. The summed E-state index contributed by atoms with van der Waals surface area (Å²) in [7, 11) is 1.48. The second kappa shape index (κ2) is 8.07. The highest BCUT2D eigenvalue weighted by atomic mass is 16.5. The number of methoxy groups -OCH3 is 1. The van der Waals surface area contributed by atoms with Crippen LogP contribution >= 0.6 is 0 Å². The van der Waals surface area contributed by atoms with Crippen LogP contribution in [0.2, 0.25) is 0 Å². The third-order valence-corrected chi connectivity index (χ3v) is 4.64. The molecule has 4 aromatic rings. The number of amides is 2. The number of para-hydroxylation sites is 2. The predicted octanol–water partition coefficient (Wildman–Crippen LogP) is 3.88. The Morgan fingerprint density at radius 3 is 2.32 bits per heavy atom. The van der Waals surface area contributed by atoms with Crippen LogP contribution in [0.1, 0.15) is 20.7 Å². The lowest BCUT2D eigenvalue weighted by Gasteiger charge is -2.11. The van der Waals surface area contributed by atoms with Crippen molar-refractivity contribution in [1.82, 2.24) is 9.55 Å². The number of benzene rings is 2. The first-order chi connectivity index (χ1) is 15.0. The molecule has 2 heterocycles. The number of nitrogens with zero attached hydrogens (tertiary/aromatic N) is 4. The molecule has 0 radical (unpaired) electrons. The van der Waals surface area contributed by atoms with Crippen molar-refractivity contribution in [3.8, 4) is 23.2 Å². The van der Waals surface area contributed by atoms with Crippen LogP contribution in [0.5, 0.6) is 17.5 Å². The molecule has 154 valence electrons. The SMILES string of the molecule is COc1ccccc1-n1c(O)c2ccc(C(=O)N=NC(=O)c3cccnc3)cc2c1O. The van der Waals surface area contributed by atoms with Crippen molar-refractivity contribution < 1.29 is 24.5 Å². The highest BCUT2D eigenvalue weighted by Gasteiger charge is 2.21. The van der Waals surface area contributed by atoms with Gasteiger partial charge in [-0.2, -0.15) is 0 Å².